The second kappa shape index (κ2) is 10.1. The molecule has 0 radical (unpaired) electrons. The van der Waals surface area contributed by atoms with Crippen LogP contribution < -0.4 is 10.9 Å². The Labute approximate surface area is 225 Å². The highest BCUT2D eigenvalue weighted by Gasteiger charge is 2.31. The monoisotopic (exact) mass is 525 g/mol. The van der Waals surface area contributed by atoms with Crippen molar-refractivity contribution in [3.63, 3.8) is 0 Å². The Bertz CT molecular complexity index is 1640. The van der Waals surface area contributed by atoms with Crippen molar-refractivity contribution in [1.29, 1.82) is 0 Å². The molecule has 5 aromatic rings. The molecule has 0 spiro atoms. The number of aryl methyl sites for hydroxylation is 1. The number of nitrogens with zero attached hydrogens (tertiary/aromatic N) is 2. The molecule has 2 aromatic heterocycles. The van der Waals surface area contributed by atoms with Gasteiger partial charge in [-0.25, -0.2) is 0 Å². The molecule has 0 saturated heterocycles. The second-order valence-corrected chi connectivity index (χ2v) is 10.5. The van der Waals surface area contributed by atoms with E-state index in [1.54, 1.807) is 13.0 Å². The molecule has 38 heavy (non-hydrogen) atoms. The number of carbonyl (C=O) groups excluding carboxylic acids is 1. The lowest BCUT2D eigenvalue weighted by atomic mass is 9.87. The fourth-order valence-corrected chi connectivity index (χ4v) is 6.19. The summed E-state index contributed by atoms with van der Waals surface area (Å²) in [5, 5.41) is 9.20. The molecule has 2 atom stereocenters. The fourth-order valence-electron chi connectivity index (χ4n) is 5.94. The van der Waals surface area contributed by atoms with Gasteiger partial charge in [0.1, 0.15) is 16.7 Å². The molecular weight excluding hydrogens is 498 g/mol. The first-order chi connectivity index (χ1) is 18.5. The number of carbonyl (C=O) groups is 1. The van der Waals surface area contributed by atoms with E-state index >= 15 is 0 Å². The van der Waals surface area contributed by atoms with Gasteiger partial charge in [-0.1, -0.05) is 83.5 Å². The zero-order chi connectivity index (χ0) is 26.2. The maximum Gasteiger partial charge on any atom is 0.264 e. The van der Waals surface area contributed by atoms with E-state index in [1.807, 2.05) is 77.4 Å². The molecule has 3 aromatic carbocycles. The number of amides is 1. The van der Waals surface area contributed by atoms with Gasteiger partial charge in [-0.05, 0) is 55.9 Å². The Balaban J connectivity index is 1.34. The van der Waals surface area contributed by atoms with E-state index in [0.29, 0.717) is 28.1 Å². The van der Waals surface area contributed by atoms with Crippen LogP contribution in [0.25, 0.3) is 21.8 Å². The Morgan fingerprint density at radius 2 is 1.66 bits per heavy atom. The largest absolute Gasteiger partial charge is 0.360 e. The number of rotatable bonds is 5. The van der Waals surface area contributed by atoms with Gasteiger partial charge in [0.2, 0.25) is 5.91 Å². The minimum atomic E-state index is -0.406. The van der Waals surface area contributed by atoms with Crippen molar-refractivity contribution >= 4 is 39.3 Å². The maximum atomic E-state index is 13.8. The molecule has 1 aliphatic carbocycles. The molecule has 0 aliphatic heterocycles. The number of benzene rings is 3. The predicted octanol–water partition coefficient (Wildman–Crippen LogP) is 6.54. The van der Waals surface area contributed by atoms with Crippen molar-refractivity contribution in [2.45, 2.75) is 50.6 Å². The summed E-state index contributed by atoms with van der Waals surface area (Å²) >= 11 is 6.60. The Morgan fingerprint density at radius 3 is 2.34 bits per heavy atom. The van der Waals surface area contributed by atoms with Gasteiger partial charge in [-0.2, -0.15) is 0 Å². The predicted molar refractivity (Wildman–Crippen MR) is 150 cm³/mol. The number of halogens is 1. The van der Waals surface area contributed by atoms with E-state index < -0.39 is 5.92 Å². The molecule has 1 saturated carbocycles. The van der Waals surface area contributed by atoms with Crippen LogP contribution >= 0.6 is 11.6 Å². The topological polar surface area (TPSA) is 77.1 Å². The number of fused-ring (bicyclic) bond motifs is 3. The Hall–Kier alpha value is -3.90. The normalized spacial score (nSPS) is 17.8. The van der Waals surface area contributed by atoms with E-state index in [4.69, 9.17) is 16.1 Å². The van der Waals surface area contributed by atoms with Crippen molar-refractivity contribution in [2.75, 3.05) is 0 Å². The van der Waals surface area contributed by atoms with Gasteiger partial charge >= 0.3 is 0 Å². The van der Waals surface area contributed by atoms with Gasteiger partial charge in [0.15, 0.2) is 0 Å². The lowest BCUT2D eigenvalue weighted by molar-refractivity contribution is -0.122. The summed E-state index contributed by atoms with van der Waals surface area (Å²) in [6, 6.07) is 25.1. The van der Waals surface area contributed by atoms with Gasteiger partial charge in [0.25, 0.3) is 5.56 Å². The van der Waals surface area contributed by atoms with Gasteiger partial charge in [0.05, 0.1) is 16.5 Å². The van der Waals surface area contributed by atoms with Gasteiger partial charge in [0, 0.05) is 17.5 Å². The average molecular weight is 526 g/mol. The first-order valence-corrected chi connectivity index (χ1v) is 13.4. The van der Waals surface area contributed by atoms with Gasteiger partial charge in [-0.3, -0.25) is 9.59 Å². The van der Waals surface area contributed by atoms with Crippen molar-refractivity contribution in [2.24, 2.45) is 0 Å². The van der Waals surface area contributed by atoms with Crippen LogP contribution in [0.15, 0.2) is 88.2 Å². The van der Waals surface area contributed by atoms with E-state index in [2.05, 4.69) is 10.5 Å². The van der Waals surface area contributed by atoms with Gasteiger partial charge in [-0.15, -0.1) is 0 Å². The Kier molecular flexibility index (Phi) is 6.50. The smallest absolute Gasteiger partial charge is 0.264 e. The first-order valence-electron chi connectivity index (χ1n) is 13.0. The minimum Gasteiger partial charge on any atom is -0.360 e. The molecule has 192 valence electrons. The molecule has 1 amide bonds. The molecule has 0 bridgehead atoms. The third kappa shape index (κ3) is 4.29. The van der Waals surface area contributed by atoms with Crippen molar-refractivity contribution in [1.82, 2.24) is 15.0 Å². The molecule has 2 unspecified atom stereocenters. The summed E-state index contributed by atoms with van der Waals surface area (Å²) in [6.07, 6.45) is 3.25. The highest BCUT2D eigenvalue weighted by atomic mass is 35.5. The van der Waals surface area contributed by atoms with Crippen LogP contribution in [-0.4, -0.2) is 21.7 Å². The lowest BCUT2D eigenvalue weighted by Gasteiger charge is -2.33. The molecule has 1 N–H and O–H groups in total. The number of nitrogens with one attached hydrogen (secondary N) is 1. The van der Waals surface area contributed by atoms with Crippen LogP contribution in [0, 0.1) is 6.92 Å². The summed E-state index contributed by atoms with van der Waals surface area (Å²) in [7, 11) is 0. The number of pyridine rings is 1. The zero-order valence-corrected chi connectivity index (χ0v) is 21.8. The molecular formula is C31H28ClN3O3. The summed E-state index contributed by atoms with van der Waals surface area (Å²) in [5.41, 5.74) is 3.02. The van der Waals surface area contributed by atoms with Crippen LogP contribution in [0.3, 0.4) is 0 Å². The molecule has 2 heterocycles. The molecule has 6 nitrogen and oxygen atoms in total. The Morgan fingerprint density at radius 1 is 0.974 bits per heavy atom. The fraction of sp³-hybridized carbons (Fsp3) is 0.258. The molecule has 1 fully saturated rings. The third-order valence-electron chi connectivity index (χ3n) is 7.67. The van der Waals surface area contributed by atoms with Crippen LogP contribution in [0.2, 0.25) is 5.02 Å². The summed E-state index contributed by atoms with van der Waals surface area (Å²) in [6.45, 7) is 1.75. The molecule has 7 heteroatoms. The summed E-state index contributed by atoms with van der Waals surface area (Å²) in [4.78, 5) is 27.5. The van der Waals surface area contributed by atoms with E-state index in [-0.39, 0.29) is 23.6 Å². The first kappa shape index (κ1) is 24.4. The standard InChI is InChI=1S/C31H28ClN3O3/c1-19-26-29(34-38-19)28-24(32)16-9-17-25(28)35(31(26)37)23-15-8-14-22(18-23)33-30(36)27(20-10-4-2-5-11-20)21-12-6-3-7-13-21/h2-7,9-13,16-17,22-23,27H,8,14-15,18H2,1H3,(H,33,36). The highest BCUT2D eigenvalue weighted by molar-refractivity contribution is 6.37. The highest BCUT2D eigenvalue weighted by Crippen LogP contribution is 2.36. The summed E-state index contributed by atoms with van der Waals surface area (Å²) < 4.78 is 7.25. The quantitative estimate of drug-likeness (QED) is 0.283. The van der Waals surface area contributed by atoms with Gasteiger partial charge < -0.3 is 14.4 Å². The van der Waals surface area contributed by atoms with E-state index in [0.717, 1.165) is 41.3 Å². The van der Waals surface area contributed by atoms with E-state index in [1.165, 1.54) is 0 Å². The SMILES string of the molecule is Cc1onc2c1c(=O)n(C1CCCC(NC(=O)C(c3ccccc3)c3ccccc3)C1)c1cccc(Cl)c21. The average Bonchev–Trinajstić information content (AvgIpc) is 3.32. The van der Waals surface area contributed by atoms with Crippen molar-refractivity contribution < 1.29 is 9.32 Å². The second-order valence-electron chi connectivity index (χ2n) is 10.1. The number of hydrogen-bond acceptors (Lipinski definition) is 4. The zero-order valence-electron chi connectivity index (χ0n) is 21.1. The van der Waals surface area contributed by atoms with E-state index in [9.17, 15) is 9.59 Å². The number of hydrogen-bond donors (Lipinski definition) is 1. The third-order valence-corrected chi connectivity index (χ3v) is 7.98. The summed E-state index contributed by atoms with van der Waals surface area (Å²) in [5.74, 6) is 0.0459. The molecule has 1 aliphatic rings. The van der Waals surface area contributed by atoms with Crippen molar-refractivity contribution in [3.05, 3.63) is 111 Å². The van der Waals surface area contributed by atoms with Crippen LogP contribution in [0.1, 0.15) is 54.5 Å². The maximum absolute atomic E-state index is 13.8. The lowest BCUT2D eigenvalue weighted by Crippen LogP contribution is -2.42. The van der Waals surface area contributed by atoms with Crippen LogP contribution in [0.5, 0.6) is 0 Å². The van der Waals surface area contributed by atoms with Crippen LogP contribution in [-0.2, 0) is 4.79 Å². The minimum absolute atomic E-state index is 0.0290. The van der Waals surface area contributed by atoms with Crippen molar-refractivity contribution in [3.8, 4) is 0 Å². The number of aromatic nitrogens is 2. The molecule has 6 rings (SSSR count). The van der Waals surface area contributed by atoms with Crippen LogP contribution in [0.4, 0.5) is 0 Å².